The first-order valence-electron chi connectivity index (χ1n) is 6.10. The van der Waals surface area contributed by atoms with Crippen LogP contribution >= 0.6 is 0 Å². The molecule has 0 N–H and O–H groups in total. The van der Waals surface area contributed by atoms with Crippen LogP contribution in [0.25, 0.3) is 0 Å². The van der Waals surface area contributed by atoms with Crippen molar-refractivity contribution < 1.29 is 0 Å². The van der Waals surface area contributed by atoms with Gasteiger partial charge in [0.25, 0.3) is 0 Å². The van der Waals surface area contributed by atoms with Crippen molar-refractivity contribution in [1.29, 1.82) is 0 Å². The molecule has 0 amide bonds. The Morgan fingerprint density at radius 3 is 2.41 bits per heavy atom. The van der Waals surface area contributed by atoms with Crippen LogP contribution in [-0.2, 0) is 13.5 Å². The zero-order valence-corrected chi connectivity index (χ0v) is 11.0. The van der Waals surface area contributed by atoms with Crippen molar-refractivity contribution in [3.63, 3.8) is 0 Å². The van der Waals surface area contributed by atoms with Gasteiger partial charge >= 0.3 is 0 Å². The highest BCUT2D eigenvalue weighted by Crippen LogP contribution is 2.18. The van der Waals surface area contributed by atoms with E-state index in [2.05, 4.69) is 43.1 Å². The van der Waals surface area contributed by atoms with Crippen molar-refractivity contribution in [2.24, 2.45) is 7.05 Å². The number of rotatable bonds is 4. The van der Waals surface area contributed by atoms with E-state index in [0.29, 0.717) is 12.0 Å². The molecule has 0 aromatic carbocycles. The number of hydrogen-bond donors (Lipinski definition) is 0. The van der Waals surface area contributed by atoms with E-state index in [0.717, 1.165) is 17.8 Å². The SMILES string of the molecule is CC(Cc1ccn(C(C)C)n1)c1ccn(C)n1. The molecule has 4 nitrogen and oxygen atoms in total. The average molecular weight is 232 g/mol. The van der Waals surface area contributed by atoms with Gasteiger partial charge < -0.3 is 0 Å². The van der Waals surface area contributed by atoms with Crippen LogP contribution in [0.3, 0.4) is 0 Å². The summed E-state index contributed by atoms with van der Waals surface area (Å²) in [6, 6.07) is 4.60. The second-order valence-corrected chi connectivity index (χ2v) is 4.90. The Bertz CT molecular complexity index is 481. The topological polar surface area (TPSA) is 35.6 Å². The maximum atomic E-state index is 4.56. The Hall–Kier alpha value is -1.58. The Morgan fingerprint density at radius 1 is 1.12 bits per heavy atom. The van der Waals surface area contributed by atoms with Crippen LogP contribution in [-0.4, -0.2) is 19.6 Å². The first-order chi connectivity index (χ1) is 8.06. The summed E-state index contributed by atoms with van der Waals surface area (Å²) < 4.78 is 3.85. The lowest BCUT2D eigenvalue weighted by Gasteiger charge is -2.07. The molecule has 0 radical (unpaired) electrons. The van der Waals surface area contributed by atoms with Gasteiger partial charge in [0.2, 0.25) is 0 Å². The number of aryl methyl sites for hydroxylation is 1. The van der Waals surface area contributed by atoms with Gasteiger partial charge in [-0.05, 0) is 32.4 Å². The highest BCUT2D eigenvalue weighted by atomic mass is 15.3. The van der Waals surface area contributed by atoms with Gasteiger partial charge in [-0.2, -0.15) is 10.2 Å². The van der Waals surface area contributed by atoms with E-state index in [1.54, 1.807) is 0 Å². The average Bonchev–Trinajstić information content (AvgIpc) is 2.86. The number of hydrogen-bond acceptors (Lipinski definition) is 2. The zero-order valence-electron chi connectivity index (χ0n) is 11.0. The summed E-state index contributed by atoms with van der Waals surface area (Å²) in [7, 11) is 1.95. The van der Waals surface area contributed by atoms with E-state index in [9.17, 15) is 0 Å². The third-order valence-corrected chi connectivity index (χ3v) is 2.95. The van der Waals surface area contributed by atoms with Gasteiger partial charge in [-0.1, -0.05) is 6.92 Å². The summed E-state index contributed by atoms with van der Waals surface area (Å²) in [4.78, 5) is 0. The van der Waals surface area contributed by atoms with E-state index in [-0.39, 0.29) is 0 Å². The van der Waals surface area contributed by atoms with Crippen LogP contribution in [0.5, 0.6) is 0 Å². The van der Waals surface area contributed by atoms with E-state index in [1.807, 2.05) is 28.8 Å². The van der Waals surface area contributed by atoms with Crippen LogP contribution < -0.4 is 0 Å². The molecule has 17 heavy (non-hydrogen) atoms. The Morgan fingerprint density at radius 2 is 1.88 bits per heavy atom. The second kappa shape index (κ2) is 4.73. The molecule has 2 aromatic heterocycles. The van der Waals surface area contributed by atoms with Crippen LogP contribution in [0.4, 0.5) is 0 Å². The second-order valence-electron chi connectivity index (χ2n) is 4.90. The van der Waals surface area contributed by atoms with Crippen LogP contribution in [0.15, 0.2) is 24.5 Å². The first kappa shape index (κ1) is 11.9. The van der Waals surface area contributed by atoms with Gasteiger partial charge in [-0.25, -0.2) is 0 Å². The molecule has 1 atom stereocenters. The van der Waals surface area contributed by atoms with Gasteiger partial charge in [0.1, 0.15) is 0 Å². The molecule has 4 heteroatoms. The third-order valence-electron chi connectivity index (χ3n) is 2.95. The van der Waals surface area contributed by atoms with Gasteiger partial charge in [0.15, 0.2) is 0 Å². The van der Waals surface area contributed by atoms with Gasteiger partial charge in [0, 0.05) is 31.4 Å². The minimum atomic E-state index is 0.409. The predicted octanol–water partition coefficient (Wildman–Crippen LogP) is 2.54. The smallest absolute Gasteiger partial charge is 0.0656 e. The fraction of sp³-hybridized carbons (Fsp3) is 0.538. The molecule has 0 aliphatic rings. The minimum absolute atomic E-state index is 0.409. The Balaban J connectivity index is 2.05. The van der Waals surface area contributed by atoms with Crippen LogP contribution in [0, 0.1) is 0 Å². The van der Waals surface area contributed by atoms with Crippen molar-refractivity contribution in [3.05, 3.63) is 35.9 Å². The van der Waals surface area contributed by atoms with Crippen molar-refractivity contribution in [1.82, 2.24) is 19.6 Å². The molecule has 2 heterocycles. The highest BCUT2D eigenvalue weighted by Gasteiger charge is 2.11. The standard InChI is InChI=1S/C13H20N4/c1-10(2)17-8-5-12(14-17)9-11(3)13-6-7-16(4)15-13/h5-8,10-11H,9H2,1-4H3. The third kappa shape index (κ3) is 2.75. The molecular formula is C13H20N4. The molecule has 0 bridgehead atoms. The molecule has 0 spiro atoms. The predicted molar refractivity (Wildman–Crippen MR) is 67.9 cm³/mol. The van der Waals surface area contributed by atoms with Crippen molar-refractivity contribution in [2.45, 2.75) is 39.2 Å². The molecule has 1 unspecified atom stereocenters. The van der Waals surface area contributed by atoms with Crippen LogP contribution in [0.1, 0.15) is 44.1 Å². The van der Waals surface area contributed by atoms with Gasteiger partial charge in [-0.15, -0.1) is 0 Å². The van der Waals surface area contributed by atoms with Crippen molar-refractivity contribution in [2.75, 3.05) is 0 Å². The summed E-state index contributed by atoms with van der Waals surface area (Å²) in [5.41, 5.74) is 2.27. The summed E-state index contributed by atoms with van der Waals surface area (Å²) in [6.45, 7) is 6.47. The van der Waals surface area contributed by atoms with E-state index >= 15 is 0 Å². The maximum absolute atomic E-state index is 4.56. The highest BCUT2D eigenvalue weighted by molar-refractivity contribution is 5.11. The summed E-state index contributed by atoms with van der Waals surface area (Å²) >= 11 is 0. The molecule has 0 saturated heterocycles. The van der Waals surface area contributed by atoms with Crippen molar-refractivity contribution in [3.8, 4) is 0 Å². The summed E-state index contributed by atoms with van der Waals surface area (Å²) in [5, 5.41) is 8.99. The van der Waals surface area contributed by atoms with Crippen molar-refractivity contribution >= 4 is 0 Å². The molecule has 92 valence electrons. The zero-order chi connectivity index (χ0) is 12.4. The lowest BCUT2D eigenvalue weighted by Crippen LogP contribution is -2.04. The molecule has 0 aliphatic carbocycles. The lowest BCUT2D eigenvalue weighted by molar-refractivity contribution is 0.522. The summed E-state index contributed by atoms with van der Waals surface area (Å²) in [5.74, 6) is 0.409. The molecule has 0 fully saturated rings. The molecular weight excluding hydrogens is 212 g/mol. The molecule has 0 saturated carbocycles. The van der Waals surface area contributed by atoms with E-state index in [4.69, 9.17) is 0 Å². The largest absolute Gasteiger partial charge is 0.276 e. The van der Waals surface area contributed by atoms with Gasteiger partial charge in [0.05, 0.1) is 11.4 Å². The van der Waals surface area contributed by atoms with E-state index in [1.165, 1.54) is 0 Å². The quantitative estimate of drug-likeness (QED) is 0.812. The minimum Gasteiger partial charge on any atom is -0.276 e. The monoisotopic (exact) mass is 232 g/mol. The number of aromatic nitrogens is 4. The van der Waals surface area contributed by atoms with Gasteiger partial charge in [-0.3, -0.25) is 9.36 Å². The maximum Gasteiger partial charge on any atom is 0.0656 e. The van der Waals surface area contributed by atoms with Crippen LogP contribution in [0.2, 0.25) is 0 Å². The Kier molecular flexibility index (Phi) is 3.31. The lowest BCUT2D eigenvalue weighted by atomic mass is 10.0. The Labute approximate surface area is 102 Å². The first-order valence-corrected chi connectivity index (χ1v) is 6.10. The van der Waals surface area contributed by atoms with E-state index < -0.39 is 0 Å². The molecule has 2 rings (SSSR count). The fourth-order valence-electron chi connectivity index (χ4n) is 1.89. The number of nitrogens with zero attached hydrogens (tertiary/aromatic N) is 4. The molecule has 0 aliphatic heterocycles. The normalized spacial score (nSPS) is 13.2. The fourth-order valence-corrected chi connectivity index (χ4v) is 1.89. The molecule has 2 aromatic rings. The summed E-state index contributed by atoms with van der Waals surface area (Å²) in [6.07, 6.45) is 4.97.